The van der Waals surface area contributed by atoms with Crippen LogP contribution in [0.3, 0.4) is 0 Å². The molecule has 3 fully saturated rings. The fourth-order valence-electron chi connectivity index (χ4n) is 9.81. The summed E-state index contributed by atoms with van der Waals surface area (Å²) in [5.41, 5.74) is 2.65. The van der Waals surface area contributed by atoms with Crippen molar-refractivity contribution in [1.29, 1.82) is 5.26 Å². The number of rotatable bonds is 27. The minimum atomic E-state index is -3.19. The number of amides is 4. The average Bonchev–Trinajstić information content (AvgIpc) is 3.93. The number of piperazine rings is 1. The van der Waals surface area contributed by atoms with E-state index in [0.717, 1.165) is 11.8 Å². The zero-order chi connectivity index (χ0) is 60.4. The number of aliphatic carboxylic acids is 3. The topological polar surface area (TPSA) is 365 Å². The highest BCUT2D eigenvalue weighted by Gasteiger charge is 2.47. The number of carboxylic acids is 3. The summed E-state index contributed by atoms with van der Waals surface area (Å²) in [5, 5.41) is 57.4. The van der Waals surface area contributed by atoms with E-state index in [1.54, 1.807) is 57.7 Å². The van der Waals surface area contributed by atoms with Crippen LogP contribution in [0.15, 0.2) is 30.5 Å². The van der Waals surface area contributed by atoms with Gasteiger partial charge in [0.15, 0.2) is 17.3 Å². The number of nitriles is 1. The van der Waals surface area contributed by atoms with Crippen molar-refractivity contribution in [2.75, 3.05) is 138 Å². The van der Waals surface area contributed by atoms with E-state index in [2.05, 4.69) is 20.9 Å². The van der Waals surface area contributed by atoms with Gasteiger partial charge >= 0.3 is 17.9 Å². The van der Waals surface area contributed by atoms with Gasteiger partial charge in [0.2, 0.25) is 17.7 Å². The van der Waals surface area contributed by atoms with Gasteiger partial charge in [-0.05, 0) is 57.4 Å². The first-order valence-electron chi connectivity index (χ1n) is 27.2. The maximum atomic E-state index is 14.4. The summed E-state index contributed by atoms with van der Waals surface area (Å²) in [4.78, 5) is 131. The molecular weight excluding hydrogens is 1080 g/mol. The van der Waals surface area contributed by atoms with Crippen LogP contribution in [0.1, 0.15) is 63.2 Å². The van der Waals surface area contributed by atoms with Gasteiger partial charge in [0.1, 0.15) is 11.8 Å². The van der Waals surface area contributed by atoms with Crippen molar-refractivity contribution in [2.24, 2.45) is 5.73 Å². The first kappa shape index (κ1) is 65.9. The molecule has 9 N–H and O–H groups in total. The molecule has 452 valence electrons. The van der Waals surface area contributed by atoms with Gasteiger partial charge in [0.05, 0.1) is 81.2 Å². The van der Waals surface area contributed by atoms with Crippen molar-refractivity contribution in [2.45, 2.75) is 82.1 Å². The van der Waals surface area contributed by atoms with E-state index in [-0.39, 0.29) is 123 Å². The fraction of sp³-hybridized carbons (Fsp3) is 0.642. The minimum absolute atomic E-state index is 0.0512. The predicted octanol–water partition coefficient (Wildman–Crippen LogP) is -2.06. The first-order valence-corrected chi connectivity index (χ1v) is 27.2. The molecule has 0 saturated carbocycles. The smallest absolute Gasteiger partial charge is 0.317 e. The predicted molar refractivity (Wildman–Crippen MR) is 289 cm³/mol. The number of halogens is 2. The second-order valence-electron chi connectivity index (χ2n) is 21.3. The lowest BCUT2D eigenvalue weighted by Crippen LogP contribution is -2.63. The van der Waals surface area contributed by atoms with Gasteiger partial charge in [-0.15, -0.1) is 0 Å². The molecule has 3 aliphatic heterocycles. The molecule has 5 rings (SSSR count). The van der Waals surface area contributed by atoms with Crippen LogP contribution in [0.5, 0.6) is 5.75 Å². The van der Waals surface area contributed by atoms with Crippen molar-refractivity contribution in [3.8, 4) is 11.8 Å². The van der Waals surface area contributed by atoms with Crippen molar-refractivity contribution >= 4 is 64.0 Å². The monoisotopic (exact) mass is 1160 g/mol. The number of unbranched alkanes of at least 4 members (excludes halogenated alkanes) is 1. The number of alkyl halides is 2. The molecule has 3 unspecified atom stereocenters. The standard InChI is InChI=1S/C53H77F2N13O14/c1-4-51(2,42(69)30-62-12-14-64(32-46(73)74)16-18-66(34-48(77)78)19-17-65(15-13-62)33-47(75)76)61-41(49(79)52(3,57)81)26-44(71)67-22-20-63(21-23-67)31-43(70)59-10-5-6-24-82-37-7-8-40-39(25-37)38(9-11-58-40)50(80)60-29-45(72)68-35-53(54,55)27-36(68)28-56/h7-9,11,25,36,41,61,81H,4-6,10,12-24,26-27,29-35,57H2,1-3H3,(H,59,70)(H,60,80)(H,73,74)(H,75,76)(H,77,78)/t36-,41?,51?,52?/m0/s1. The van der Waals surface area contributed by atoms with Gasteiger partial charge in [-0.1, -0.05) is 6.92 Å². The number of benzene rings is 1. The van der Waals surface area contributed by atoms with E-state index < -0.39 is 102 Å². The molecule has 82 heavy (non-hydrogen) atoms. The number of aromatic nitrogens is 1. The maximum Gasteiger partial charge on any atom is 0.317 e. The molecule has 2 aromatic rings. The number of nitrogens with one attached hydrogen (secondary N) is 3. The lowest BCUT2D eigenvalue weighted by molar-refractivity contribution is -0.144. The zero-order valence-corrected chi connectivity index (χ0v) is 46.7. The van der Waals surface area contributed by atoms with Crippen LogP contribution < -0.4 is 26.4 Å². The summed E-state index contributed by atoms with van der Waals surface area (Å²) >= 11 is 0. The number of carbonyl (C=O) groups is 9. The van der Waals surface area contributed by atoms with Gasteiger partial charge in [0.25, 0.3) is 11.8 Å². The number of aliphatic hydroxyl groups is 1. The number of nitrogens with two attached hydrogens (primary N) is 1. The van der Waals surface area contributed by atoms with Gasteiger partial charge in [-0.2, -0.15) is 5.26 Å². The summed E-state index contributed by atoms with van der Waals surface area (Å²) in [6.45, 7) is 4.73. The summed E-state index contributed by atoms with van der Waals surface area (Å²) in [6.07, 6.45) is 1.41. The fourth-order valence-corrected chi connectivity index (χ4v) is 9.81. The number of pyridine rings is 1. The van der Waals surface area contributed by atoms with E-state index in [1.165, 1.54) is 17.2 Å². The third kappa shape index (κ3) is 20.5. The molecule has 0 aliphatic carbocycles. The van der Waals surface area contributed by atoms with E-state index in [4.69, 9.17) is 10.5 Å². The number of ether oxygens (including phenoxy) is 1. The van der Waals surface area contributed by atoms with Crippen LogP contribution in [0.4, 0.5) is 8.78 Å². The third-order valence-electron chi connectivity index (χ3n) is 14.7. The average molecular weight is 1160 g/mol. The van der Waals surface area contributed by atoms with Crippen LogP contribution >= 0.6 is 0 Å². The number of carboxylic acid groups (broad SMARTS) is 3. The van der Waals surface area contributed by atoms with Crippen LogP contribution in [0.25, 0.3) is 10.9 Å². The Bertz CT molecular complexity index is 2620. The van der Waals surface area contributed by atoms with Crippen molar-refractivity contribution < 1.29 is 77.1 Å². The highest BCUT2D eigenvalue weighted by atomic mass is 19.3. The van der Waals surface area contributed by atoms with E-state index >= 15 is 0 Å². The number of Topliss-reactive ketones (excluding diaryl/α,β-unsaturated/α-hetero) is 2. The Labute approximate surface area is 473 Å². The van der Waals surface area contributed by atoms with E-state index in [9.17, 15) is 77.6 Å². The Balaban J connectivity index is 1.08. The number of fused-ring (bicyclic) bond motifs is 1. The van der Waals surface area contributed by atoms with Crippen LogP contribution in [-0.4, -0.2) is 280 Å². The molecule has 3 aliphatic rings. The Morgan fingerprint density at radius 1 is 0.780 bits per heavy atom. The molecule has 1 aromatic carbocycles. The lowest BCUT2D eigenvalue weighted by Gasteiger charge is -2.38. The molecule has 27 nitrogen and oxygen atoms in total. The maximum absolute atomic E-state index is 14.4. The number of carbonyl (C=O) groups excluding carboxylic acids is 6. The molecule has 4 amide bonds. The minimum Gasteiger partial charge on any atom is -0.494 e. The molecule has 29 heteroatoms. The highest BCUT2D eigenvalue weighted by molar-refractivity contribution is 6.07. The SMILES string of the molecule is CCC(C)(NC(CC(=O)N1CCN(CC(=O)NCCCCOc2ccc3nccc(C(=O)NCC(=O)N4CC(F)(F)C[C@H]4C#N)c3c2)CC1)C(=O)C(C)(N)O)C(=O)CN1CCN(CC(=O)O)CCN(CC(=O)O)CCN(CC(=O)O)CC1. The van der Waals surface area contributed by atoms with Crippen molar-refractivity contribution in [3.05, 3.63) is 36.0 Å². The third-order valence-corrected chi connectivity index (χ3v) is 14.7. The number of hydrogen-bond acceptors (Lipinski definition) is 20. The summed E-state index contributed by atoms with van der Waals surface area (Å²) in [7, 11) is 0. The van der Waals surface area contributed by atoms with E-state index in [1.807, 2.05) is 4.90 Å². The molecule has 0 spiro atoms. The molecule has 3 saturated heterocycles. The van der Waals surface area contributed by atoms with E-state index in [0.29, 0.717) is 49.1 Å². The van der Waals surface area contributed by atoms with Gasteiger partial charge in [0, 0.05) is 110 Å². The lowest BCUT2D eigenvalue weighted by atomic mass is 9.89. The number of hydrogen-bond donors (Lipinski definition) is 8. The Kier molecular flexibility index (Phi) is 24.4. The van der Waals surface area contributed by atoms with Gasteiger partial charge in [-0.3, -0.25) is 83.7 Å². The first-order chi connectivity index (χ1) is 38.7. The molecule has 4 atom stereocenters. The van der Waals surface area contributed by atoms with Crippen LogP contribution in [0.2, 0.25) is 0 Å². The van der Waals surface area contributed by atoms with Gasteiger partial charge in [-0.25, -0.2) is 8.78 Å². The zero-order valence-electron chi connectivity index (χ0n) is 46.7. The molecule has 4 heterocycles. The van der Waals surface area contributed by atoms with Crippen LogP contribution in [0, 0.1) is 11.3 Å². The quantitative estimate of drug-likeness (QED) is 0.0352. The number of likely N-dealkylation sites (tertiary alicyclic amines) is 1. The summed E-state index contributed by atoms with van der Waals surface area (Å²) in [5.74, 6) is -9.57. The second-order valence-corrected chi connectivity index (χ2v) is 21.3. The number of ketones is 2. The molecule has 0 bridgehead atoms. The largest absolute Gasteiger partial charge is 0.494 e. The second kappa shape index (κ2) is 30.4. The molecule has 0 radical (unpaired) electrons. The van der Waals surface area contributed by atoms with Crippen molar-refractivity contribution in [1.82, 2.24) is 55.2 Å². The number of nitrogens with zero attached hydrogens (tertiary/aromatic N) is 9. The van der Waals surface area contributed by atoms with Crippen LogP contribution in [-0.2, 0) is 38.4 Å². The Hall–Kier alpha value is -6.91. The molecular formula is C53H77F2N13O14. The molecule has 1 aromatic heterocycles. The highest BCUT2D eigenvalue weighted by Crippen LogP contribution is 2.32. The Morgan fingerprint density at radius 2 is 1.32 bits per heavy atom. The van der Waals surface area contributed by atoms with Crippen molar-refractivity contribution in [3.63, 3.8) is 0 Å². The normalized spacial score (nSPS) is 20.0. The Morgan fingerprint density at radius 3 is 1.84 bits per heavy atom. The van der Waals surface area contributed by atoms with Gasteiger partial charge < -0.3 is 45.6 Å². The summed E-state index contributed by atoms with van der Waals surface area (Å²) in [6, 6.07) is 5.38. The summed E-state index contributed by atoms with van der Waals surface area (Å²) < 4.78 is 33.6.